The Kier molecular flexibility index (Phi) is 4.21. The van der Waals surface area contributed by atoms with Gasteiger partial charge in [-0.25, -0.2) is 0 Å². The molecule has 1 aromatic carbocycles. The standard InChI is InChI=1S/C16H16N2O2/c1-3-7-11(4-2)17-16(20)13-10-15(19)18-14-9-6-5-8-12(13)14/h2,5-6,8-11H,3,7H2,1H3,(H,17,20)(H,18,19). The van der Waals surface area contributed by atoms with E-state index in [4.69, 9.17) is 6.42 Å². The van der Waals surface area contributed by atoms with Crippen molar-refractivity contribution < 1.29 is 4.79 Å². The fraction of sp³-hybridized carbons (Fsp3) is 0.250. The van der Waals surface area contributed by atoms with E-state index in [0.29, 0.717) is 22.9 Å². The van der Waals surface area contributed by atoms with Crippen LogP contribution in [0.4, 0.5) is 0 Å². The molecule has 20 heavy (non-hydrogen) atoms. The highest BCUT2D eigenvalue weighted by atomic mass is 16.2. The molecule has 1 aromatic heterocycles. The average molecular weight is 268 g/mol. The van der Waals surface area contributed by atoms with Crippen molar-refractivity contribution in [3.63, 3.8) is 0 Å². The lowest BCUT2D eigenvalue weighted by Crippen LogP contribution is -2.34. The number of carbonyl (C=O) groups excluding carboxylic acids is 1. The first-order valence-electron chi connectivity index (χ1n) is 6.54. The van der Waals surface area contributed by atoms with Gasteiger partial charge in [0.2, 0.25) is 5.56 Å². The number of nitrogens with one attached hydrogen (secondary N) is 2. The largest absolute Gasteiger partial charge is 0.338 e. The van der Waals surface area contributed by atoms with Gasteiger partial charge in [0.25, 0.3) is 5.91 Å². The van der Waals surface area contributed by atoms with E-state index in [0.717, 1.165) is 6.42 Å². The van der Waals surface area contributed by atoms with Crippen LogP contribution in [-0.2, 0) is 0 Å². The Labute approximate surface area is 117 Å². The predicted molar refractivity (Wildman–Crippen MR) is 79.6 cm³/mol. The molecule has 0 aliphatic rings. The molecule has 0 radical (unpaired) electrons. The third-order valence-electron chi connectivity index (χ3n) is 3.08. The number of hydrogen-bond acceptors (Lipinski definition) is 2. The van der Waals surface area contributed by atoms with Crippen molar-refractivity contribution in [2.24, 2.45) is 0 Å². The Bertz CT molecular complexity index is 725. The van der Waals surface area contributed by atoms with Crippen LogP contribution in [0.2, 0.25) is 0 Å². The third kappa shape index (κ3) is 2.89. The second-order valence-electron chi connectivity index (χ2n) is 4.57. The Morgan fingerprint density at radius 1 is 1.45 bits per heavy atom. The fourth-order valence-electron chi connectivity index (χ4n) is 2.11. The summed E-state index contributed by atoms with van der Waals surface area (Å²) in [6, 6.07) is 8.18. The second-order valence-corrected chi connectivity index (χ2v) is 4.57. The molecule has 4 nitrogen and oxygen atoms in total. The van der Waals surface area contributed by atoms with Gasteiger partial charge in [0, 0.05) is 17.0 Å². The predicted octanol–water partition coefficient (Wildman–Crippen LogP) is 2.06. The minimum Gasteiger partial charge on any atom is -0.338 e. The van der Waals surface area contributed by atoms with E-state index in [-0.39, 0.29) is 17.5 Å². The van der Waals surface area contributed by atoms with Gasteiger partial charge in [-0.05, 0) is 12.5 Å². The molecule has 102 valence electrons. The maximum absolute atomic E-state index is 12.3. The summed E-state index contributed by atoms with van der Waals surface area (Å²) in [5, 5.41) is 3.48. The molecule has 1 atom stereocenters. The first-order chi connectivity index (χ1) is 9.65. The van der Waals surface area contributed by atoms with Crippen LogP contribution in [0.3, 0.4) is 0 Å². The highest BCUT2D eigenvalue weighted by Crippen LogP contribution is 2.14. The number of aromatic nitrogens is 1. The van der Waals surface area contributed by atoms with Crippen molar-refractivity contribution in [1.29, 1.82) is 0 Å². The number of terminal acetylenes is 1. The Balaban J connectivity index is 2.40. The smallest absolute Gasteiger partial charge is 0.253 e. The van der Waals surface area contributed by atoms with Gasteiger partial charge in [0.15, 0.2) is 0 Å². The monoisotopic (exact) mass is 268 g/mol. The van der Waals surface area contributed by atoms with Gasteiger partial charge in [0.1, 0.15) is 0 Å². The number of aromatic amines is 1. The quantitative estimate of drug-likeness (QED) is 0.834. The second kappa shape index (κ2) is 6.07. The molecule has 2 N–H and O–H groups in total. The zero-order valence-corrected chi connectivity index (χ0v) is 11.3. The van der Waals surface area contributed by atoms with Crippen LogP contribution in [0.5, 0.6) is 0 Å². The molecule has 0 saturated heterocycles. The molecule has 0 spiro atoms. The summed E-state index contributed by atoms with van der Waals surface area (Å²) in [5.41, 5.74) is 0.681. The molecule has 0 saturated carbocycles. The van der Waals surface area contributed by atoms with Crippen molar-refractivity contribution in [2.75, 3.05) is 0 Å². The zero-order chi connectivity index (χ0) is 14.5. The summed E-state index contributed by atoms with van der Waals surface area (Å²) in [6.45, 7) is 2.00. The molecule has 2 aromatic rings. The van der Waals surface area contributed by atoms with E-state index in [1.807, 2.05) is 13.0 Å². The summed E-state index contributed by atoms with van der Waals surface area (Å²) in [5.74, 6) is 2.23. The van der Waals surface area contributed by atoms with Crippen LogP contribution in [0.1, 0.15) is 30.1 Å². The lowest BCUT2D eigenvalue weighted by atomic mass is 10.1. The molecule has 0 bridgehead atoms. The minimum atomic E-state index is -0.316. The molecule has 0 fully saturated rings. The number of H-pyrrole nitrogens is 1. The van der Waals surface area contributed by atoms with Crippen LogP contribution < -0.4 is 10.9 Å². The Hall–Kier alpha value is -2.54. The van der Waals surface area contributed by atoms with Crippen molar-refractivity contribution in [2.45, 2.75) is 25.8 Å². The number of amides is 1. The van der Waals surface area contributed by atoms with Crippen LogP contribution in [0.15, 0.2) is 35.1 Å². The van der Waals surface area contributed by atoms with Gasteiger partial charge in [0.05, 0.1) is 11.6 Å². The van der Waals surface area contributed by atoms with Gasteiger partial charge >= 0.3 is 0 Å². The summed E-state index contributed by atoms with van der Waals surface area (Å²) in [7, 11) is 0. The molecule has 1 amide bonds. The van der Waals surface area contributed by atoms with Crippen LogP contribution >= 0.6 is 0 Å². The zero-order valence-electron chi connectivity index (χ0n) is 11.3. The van der Waals surface area contributed by atoms with Crippen molar-refractivity contribution in [3.8, 4) is 12.3 Å². The molecule has 2 rings (SSSR count). The van der Waals surface area contributed by atoms with Crippen molar-refractivity contribution >= 4 is 16.8 Å². The van der Waals surface area contributed by atoms with Gasteiger partial charge in [-0.2, -0.15) is 0 Å². The number of rotatable bonds is 4. The highest BCUT2D eigenvalue weighted by Gasteiger charge is 2.14. The SMILES string of the molecule is C#CC(CCC)NC(=O)c1cc(=O)[nH]c2ccccc12. The molecule has 0 aliphatic heterocycles. The third-order valence-corrected chi connectivity index (χ3v) is 3.08. The number of pyridine rings is 1. The summed E-state index contributed by atoms with van der Waals surface area (Å²) >= 11 is 0. The van der Waals surface area contributed by atoms with Gasteiger partial charge in [-0.3, -0.25) is 9.59 Å². The Morgan fingerprint density at radius 2 is 2.20 bits per heavy atom. The number of hydrogen-bond donors (Lipinski definition) is 2. The van der Waals surface area contributed by atoms with Crippen molar-refractivity contribution in [1.82, 2.24) is 10.3 Å². The van der Waals surface area contributed by atoms with Crippen molar-refractivity contribution in [3.05, 3.63) is 46.2 Å². The van der Waals surface area contributed by atoms with E-state index >= 15 is 0 Å². The highest BCUT2D eigenvalue weighted by molar-refractivity contribution is 6.06. The van der Waals surface area contributed by atoms with Crippen LogP contribution in [-0.4, -0.2) is 16.9 Å². The molecule has 1 heterocycles. The van der Waals surface area contributed by atoms with Gasteiger partial charge < -0.3 is 10.3 Å². The van der Waals surface area contributed by atoms with E-state index in [1.54, 1.807) is 18.2 Å². The minimum absolute atomic E-state index is 0.304. The van der Waals surface area contributed by atoms with Gasteiger partial charge in [-0.15, -0.1) is 6.42 Å². The maximum Gasteiger partial charge on any atom is 0.253 e. The number of para-hydroxylation sites is 1. The molecule has 4 heteroatoms. The first kappa shape index (κ1) is 13.9. The fourth-order valence-corrected chi connectivity index (χ4v) is 2.11. The topological polar surface area (TPSA) is 62.0 Å². The van der Waals surface area contributed by atoms with Crippen LogP contribution in [0.25, 0.3) is 10.9 Å². The lowest BCUT2D eigenvalue weighted by Gasteiger charge is -2.13. The van der Waals surface area contributed by atoms with E-state index in [9.17, 15) is 9.59 Å². The van der Waals surface area contributed by atoms with Crippen LogP contribution in [0, 0.1) is 12.3 Å². The average Bonchev–Trinajstić information content (AvgIpc) is 2.45. The summed E-state index contributed by atoms with van der Waals surface area (Å²) in [6.07, 6.45) is 6.99. The maximum atomic E-state index is 12.3. The number of benzene rings is 1. The Morgan fingerprint density at radius 3 is 2.90 bits per heavy atom. The number of fused-ring (bicyclic) bond motifs is 1. The number of carbonyl (C=O) groups is 1. The molecular formula is C16H16N2O2. The first-order valence-corrected chi connectivity index (χ1v) is 6.54. The normalized spacial score (nSPS) is 11.8. The van der Waals surface area contributed by atoms with Gasteiger partial charge in [-0.1, -0.05) is 37.5 Å². The summed E-state index contributed by atoms with van der Waals surface area (Å²) in [4.78, 5) is 26.6. The lowest BCUT2D eigenvalue weighted by molar-refractivity contribution is 0.0946. The van der Waals surface area contributed by atoms with E-state index < -0.39 is 0 Å². The summed E-state index contributed by atoms with van der Waals surface area (Å²) < 4.78 is 0. The molecule has 1 unspecified atom stereocenters. The molecular weight excluding hydrogens is 252 g/mol. The van der Waals surface area contributed by atoms with E-state index in [1.165, 1.54) is 6.07 Å². The molecule has 0 aliphatic carbocycles. The van der Waals surface area contributed by atoms with E-state index in [2.05, 4.69) is 16.2 Å².